The molecule has 102 valence electrons. The first-order valence-electron chi connectivity index (χ1n) is 7.16. The number of hydrogen-bond donors (Lipinski definition) is 0. The van der Waals surface area contributed by atoms with Gasteiger partial charge in [0.05, 0.1) is 0 Å². The number of piperazine rings is 1. The summed E-state index contributed by atoms with van der Waals surface area (Å²) in [5.74, 6) is 0. The van der Waals surface area contributed by atoms with Crippen LogP contribution in [-0.4, -0.2) is 64.0 Å². The average molecular weight is 258 g/mol. The van der Waals surface area contributed by atoms with Gasteiger partial charge in [-0.1, -0.05) is 6.92 Å². The van der Waals surface area contributed by atoms with Crippen LogP contribution in [0.2, 0.25) is 19.1 Å². The van der Waals surface area contributed by atoms with Gasteiger partial charge in [-0.2, -0.15) is 0 Å². The van der Waals surface area contributed by atoms with Crippen LogP contribution in [0, 0.1) is 0 Å². The molecule has 0 aliphatic carbocycles. The minimum atomic E-state index is -1.35. The normalized spacial score (nSPS) is 19.8. The van der Waals surface area contributed by atoms with Crippen LogP contribution < -0.4 is 0 Å². The molecule has 0 atom stereocenters. The maximum Gasteiger partial charge on any atom is 0.186 e. The topological polar surface area (TPSA) is 15.7 Å². The second-order valence-electron chi connectivity index (χ2n) is 5.57. The fraction of sp³-hybridized carbons (Fsp3) is 1.00. The highest BCUT2D eigenvalue weighted by Crippen LogP contribution is 2.14. The van der Waals surface area contributed by atoms with Crippen LogP contribution in [0.5, 0.6) is 0 Å². The smallest absolute Gasteiger partial charge is 0.186 e. The summed E-state index contributed by atoms with van der Waals surface area (Å²) in [5, 5.41) is 0. The van der Waals surface area contributed by atoms with E-state index in [1.54, 1.807) is 0 Å². The standard InChI is InChI=1S/C13H30N2OSi/c1-5-14-9-11-15(12-10-14)8-7-13-17(3,4)16-6-2/h5-13H2,1-4H3. The molecular formula is C13H30N2OSi. The number of nitrogens with zero attached hydrogens (tertiary/aromatic N) is 2. The lowest BCUT2D eigenvalue weighted by atomic mass is 10.3. The van der Waals surface area contributed by atoms with Gasteiger partial charge in [0.25, 0.3) is 0 Å². The van der Waals surface area contributed by atoms with Gasteiger partial charge >= 0.3 is 0 Å². The van der Waals surface area contributed by atoms with Crippen molar-refractivity contribution in [3.8, 4) is 0 Å². The van der Waals surface area contributed by atoms with Crippen molar-refractivity contribution in [1.29, 1.82) is 0 Å². The molecule has 0 bridgehead atoms. The first-order valence-corrected chi connectivity index (χ1v) is 10.3. The Morgan fingerprint density at radius 2 is 1.59 bits per heavy atom. The van der Waals surface area contributed by atoms with Gasteiger partial charge in [0, 0.05) is 32.8 Å². The molecule has 0 aromatic heterocycles. The van der Waals surface area contributed by atoms with Gasteiger partial charge in [-0.05, 0) is 45.6 Å². The molecule has 1 fully saturated rings. The summed E-state index contributed by atoms with van der Waals surface area (Å²) in [7, 11) is -1.35. The van der Waals surface area contributed by atoms with E-state index in [4.69, 9.17) is 4.43 Å². The Morgan fingerprint density at radius 3 is 2.12 bits per heavy atom. The van der Waals surface area contributed by atoms with Crippen LogP contribution in [0.3, 0.4) is 0 Å². The van der Waals surface area contributed by atoms with Crippen molar-refractivity contribution in [2.75, 3.05) is 45.9 Å². The monoisotopic (exact) mass is 258 g/mol. The molecule has 3 nitrogen and oxygen atoms in total. The fourth-order valence-electron chi connectivity index (χ4n) is 2.52. The summed E-state index contributed by atoms with van der Waals surface area (Å²) >= 11 is 0. The molecule has 1 rings (SSSR count). The van der Waals surface area contributed by atoms with E-state index in [2.05, 4.69) is 36.7 Å². The third kappa shape index (κ3) is 6.00. The van der Waals surface area contributed by atoms with Crippen LogP contribution >= 0.6 is 0 Å². The third-order valence-corrected chi connectivity index (χ3v) is 6.33. The Bertz CT molecular complexity index is 204. The first kappa shape index (κ1) is 15.2. The van der Waals surface area contributed by atoms with E-state index in [0.29, 0.717) is 0 Å². The van der Waals surface area contributed by atoms with Crippen LogP contribution in [0.15, 0.2) is 0 Å². The Morgan fingerprint density at radius 1 is 1.00 bits per heavy atom. The van der Waals surface area contributed by atoms with Gasteiger partial charge in [-0.15, -0.1) is 0 Å². The summed E-state index contributed by atoms with van der Waals surface area (Å²) < 4.78 is 5.87. The van der Waals surface area contributed by atoms with Gasteiger partial charge in [0.2, 0.25) is 0 Å². The van der Waals surface area contributed by atoms with Crippen molar-refractivity contribution in [1.82, 2.24) is 9.80 Å². The van der Waals surface area contributed by atoms with E-state index in [9.17, 15) is 0 Å². The molecule has 1 aliphatic heterocycles. The summed E-state index contributed by atoms with van der Waals surface area (Å²) in [4.78, 5) is 5.15. The van der Waals surface area contributed by atoms with E-state index in [0.717, 1.165) is 6.61 Å². The van der Waals surface area contributed by atoms with Gasteiger partial charge in [-0.3, -0.25) is 0 Å². The van der Waals surface area contributed by atoms with Crippen molar-refractivity contribution < 1.29 is 4.43 Å². The summed E-state index contributed by atoms with van der Waals surface area (Å²) in [6, 6.07) is 1.30. The molecule has 17 heavy (non-hydrogen) atoms. The largest absolute Gasteiger partial charge is 0.418 e. The molecular weight excluding hydrogens is 228 g/mol. The van der Waals surface area contributed by atoms with E-state index >= 15 is 0 Å². The van der Waals surface area contributed by atoms with Crippen LogP contribution in [0.4, 0.5) is 0 Å². The van der Waals surface area contributed by atoms with Crippen LogP contribution in [0.25, 0.3) is 0 Å². The van der Waals surface area contributed by atoms with Crippen LogP contribution in [0.1, 0.15) is 20.3 Å². The Hall–Kier alpha value is 0.0969. The number of likely N-dealkylation sites (N-methyl/N-ethyl adjacent to an activating group) is 1. The van der Waals surface area contributed by atoms with Crippen molar-refractivity contribution in [3.05, 3.63) is 0 Å². The Balaban J connectivity index is 2.11. The lowest BCUT2D eigenvalue weighted by Crippen LogP contribution is -2.46. The quantitative estimate of drug-likeness (QED) is 0.652. The average Bonchev–Trinajstić information content (AvgIpc) is 2.29. The fourth-order valence-corrected chi connectivity index (χ4v) is 4.46. The summed E-state index contributed by atoms with van der Waals surface area (Å²) in [6.45, 7) is 17.4. The van der Waals surface area contributed by atoms with E-state index in [1.165, 1.54) is 51.7 Å². The predicted molar refractivity (Wildman–Crippen MR) is 77.1 cm³/mol. The van der Waals surface area contributed by atoms with Gasteiger partial charge < -0.3 is 14.2 Å². The zero-order valence-electron chi connectivity index (χ0n) is 12.2. The zero-order valence-corrected chi connectivity index (χ0v) is 13.2. The zero-order chi connectivity index (χ0) is 12.7. The van der Waals surface area contributed by atoms with Crippen molar-refractivity contribution >= 4 is 8.32 Å². The third-order valence-electron chi connectivity index (χ3n) is 3.70. The second kappa shape index (κ2) is 7.51. The lowest BCUT2D eigenvalue weighted by Gasteiger charge is -2.34. The highest BCUT2D eigenvalue weighted by Gasteiger charge is 2.22. The molecule has 1 aliphatic rings. The predicted octanol–water partition coefficient (Wildman–Crippen LogP) is 2.26. The van der Waals surface area contributed by atoms with Gasteiger partial charge in [0.1, 0.15) is 0 Å². The highest BCUT2D eigenvalue weighted by molar-refractivity contribution is 6.71. The minimum absolute atomic E-state index is 0.883. The van der Waals surface area contributed by atoms with Crippen molar-refractivity contribution in [3.63, 3.8) is 0 Å². The molecule has 0 spiro atoms. The molecule has 0 amide bonds. The molecule has 1 heterocycles. The molecule has 1 saturated heterocycles. The van der Waals surface area contributed by atoms with E-state index in [1.807, 2.05) is 0 Å². The molecule has 0 radical (unpaired) electrons. The van der Waals surface area contributed by atoms with E-state index < -0.39 is 8.32 Å². The van der Waals surface area contributed by atoms with Crippen molar-refractivity contribution in [2.24, 2.45) is 0 Å². The Kier molecular flexibility index (Phi) is 6.70. The minimum Gasteiger partial charge on any atom is -0.418 e. The van der Waals surface area contributed by atoms with E-state index in [-0.39, 0.29) is 0 Å². The van der Waals surface area contributed by atoms with Crippen LogP contribution in [-0.2, 0) is 4.43 Å². The second-order valence-corrected chi connectivity index (χ2v) is 9.88. The SMILES string of the molecule is CCO[Si](C)(C)CCCN1CCN(CC)CC1. The molecule has 0 N–H and O–H groups in total. The maximum atomic E-state index is 5.87. The molecule has 0 unspecified atom stereocenters. The molecule has 0 saturated carbocycles. The first-order chi connectivity index (χ1) is 8.07. The summed E-state index contributed by atoms with van der Waals surface area (Å²) in [6.07, 6.45) is 1.31. The number of rotatable bonds is 7. The number of hydrogen-bond acceptors (Lipinski definition) is 3. The lowest BCUT2D eigenvalue weighted by molar-refractivity contribution is 0.137. The molecule has 0 aromatic carbocycles. The summed E-state index contributed by atoms with van der Waals surface area (Å²) in [5.41, 5.74) is 0. The van der Waals surface area contributed by atoms with Gasteiger partial charge in [0.15, 0.2) is 8.32 Å². The molecule has 4 heteroatoms. The maximum absolute atomic E-state index is 5.87. The van der Waals surface area contributed by atoms with Gasteiger partial charge in [-0.25, -0.2) is 0 Å². The molecule has 0 aromatic rings. The van der Waals surface area contributed by atoms with Crippen molar-refractivity contribution in [2.45, 2.75) is 39.4 Å². The Labute approximate surface area is 108 Å². The highest BCUT2D eigenvalue weighted by atomic mass is 28.4.